The van der Waals surface area contributed by atoms with E-state index in [0.29, 0.717) is 11.5 Å². The van der Waals surface area contributed by atoms with Gasteiger partial charge in [0.15, 0.2) is 0 Å². The first-order valence-electron chi connectivity index (χ1n) is 4.77. The average Bonchev–Trinajstić information content (AvgIpc) is 2.16. The minimum atomic E-state index is -2.48. The van der Waals surface area contributed by atoms with Crippen LogP contribution in [0.5, 0.6) is 0 Å². The van der Waals surface area contributed by atoms with Crippen molar-refractivity contribution < 1.29 is 8.78 Å². The molecule has 0 spiro atoms. The van der Waals surface area contributed by atoms with Crippen LogP contribution in [-0.2, 0) is 0 Å². The van der Waals surface area contributed by atoms with Crippen LogP contribution in [0.4, 0.5) is 8.78 Å². The number of hydrogen-bond acceptors (Lipinski definition) is 1. The highest BCUT2D eigenvalue weighted by molar-refractivity contribution is 5.24. The zero-order valence-electron chi connectivity index (χ0n) is 8.67. The Morgan fingerprint density at radius 1 is 1.21 bits per heavy atom. The van der Waals surface area contributed by atoms with Crippen LogP contribution in [0.2, 0.25) is 0 Å². The fourth-order valence-corrected chi connectivity index (χ4v) is 1.36. The Hall–Kier alpha value is -0.990. The van der Waals surface area contributed by atoms with E-state index in [1.165, 1.54) is 6.20 Å². The van der Waals surface area contributed by atoms with Gasteiger partial charge < -0.3 is 0 Å². The third-order valence-electron chi connectivity index (χ3n) is 2.57. The van der Waals surface area contributed by atoms with E-state index < -0.39 is 6.43 Å². The molecule has 0 aliphatic rings. The summed E-state index contributed by atoms with van der Waals surface area (Å²) in [4.78, 5) is 3.73. The highest BCUT2D eigenvalue weighted by Gasteiger charge is 2.19. The minimum Gasteiger partial charge on any atom is -0.255 e. The number of alkyl halides is 2. The van der Waals surface area contributed by atoms with E-state index in [2.05, 4.69) is 4.98 Å². The van der Waals surface area contributed by atoms with Crippen LogP contribution in [0, 0.1) is 5.92 Å². The summed E-state index contributed by atoms with van der Waals surface area (Å²) in [6.45, 7) is 5.99. The highest BCUT2D eigenvalue weighted by atomic mass is 19.3. The number of rotatable bonds is 3. The molecule has 14 heavy (non-hydrogen) atoms. The lowest BCUT2D eigenvalue weighted by Crippen LogP contribution is -2.07. The standard InChI is InChI=1S/C11H15F2N/c1-7(2)8(3)9-5-4-6-14-10(9)11(12)13/h4-8,11H,1-3H3/t8-/m0/s1. The predicted octanol–water partition coefficient (Wildman–Crippen LogP) is 3.78. The van der Waals surface area contributed by atoms with E-state index in [1.807, 2.05) is 20.8 Å². The number of nitrogens with zero attached hydrogens (tertiary/aromatic N) is 1. The summed E-state index contributed by atoms with van der Waals surface area (Å²) in [6.07, 6.45) is -1.06. The second kappa shape index (κ2) is 4.49. The molecule has 0 N–H and O–H groups in total. The number of halogens is 2. The summed E-state index contributed by atoms with van der Waals surface area (Å²) in [7, 11) is 0. The quantitative estimate of drug-likeness (QED) is 0.721. The second-order valence-electron chi connectivity index (χ2n) is 3.81. The maximum atomic E-state index is 12.6. The van der Waals surface area contributed by atoms with E-state index >= 15 is 0 Å². The first kappa shape index (κ1) is 11.1. The first-order valence-corrected chi connectivity index (χ1v) is 4.77. The van der Waals surface area contributed by atoms with Crippen molar-refractivity contribution in [1.29, 1.82) is 0 Å². The largest absolute Gasteiger partial charge is 0.280 e. The van der Waals surface area contributed by atoms with Gasteiger partial charge in [-0.1, -0.05) is 26.8 Å². The number of hydrogen-bond donors (Lipinski definition) is 0. The third kappa shape index (κ3) is 2.28. The second-order valence-corrected chi connectivity index (χ2v) is 3.81. The van der Waals surface area contributed by atoms with Gasteiger partial charge in [0.1, 0.15) is 5.69 Å². The number of aromatic nitrogens is 1. The van der Waals surface area contributed by atoms with Crippen LogP contribution in [0.25, 0.3) is 0 Å². The Kier molecular flexibility index (Phi) is 3.55. The first-order chi connectivity index (χ1) is 6.54. The minimum absolute atomic E-state index is 0.0753. The molecule has 0 saturated heterocycles. The molecule has 1 aromatic heterocycles. The molecule has 1 nitrogen and oxygen atoms in total. The molecule has 1 rings (SSSR count). The molecule has 0 aliphatic carbocycles. The van der Waals surface area contributed by atoms with Gasteiger partial charge in [-0.2, -0.15) is 0 Å². The lowest BCUT2D eigenvalue weighted by Gasteiger charge is -2.18. The molecule has 0 aliphatic heterocycles. The van der Waals surface area contributed by atoms with Gasteiger partial charge in [0.2, 0.25) is 0 Å². The summed E-state index contributed by atoms with van der Waals surface area (Å²) >= 11 is 0. The molecule has 78 valence electrons. The fourth-order valence-electron chi connectivity index (χ4n) is 1.36. The molecule has 0 amide bonds. The smallest absolute Gasteiger partial charge is 0.255 e. The van der Waals surface area contributed by atoms with Gasteiger partial charge in [-0.15, -0.1) is 0 Å². The molecular weight excluding hydrogens is 184 g/mol. The summed E-state index contributed by atoms with van der Waals surface area (Å²) in [5, 5.41) is 0. The molecule has 3 heteroatoms. The molecule has 0 bridgehead atoms. The van der Waals surface area contributed by atoms with E-state index in [9.17, 15) is 8.78 Å². The topological polar surface area (TPSA) is 12.9 Å². The van der Waals surface area contributed by atoms with Gasteiger partial charge in [-0.05, 0) is 23.5 Å². The molecule has 0 aromatic carbocycles. The molecule has 1 aromatic rings. The molecular formula is C11H15F2N. The summed E-state index contributed by atoms with van der Waals surface area (Å²) in [5.41, 5.74) is 0.589. The Bertz CT molecular complexity index is 297. The van der Waals surface area contributed by atoms with Crippen molar-refractivity contribution in [2.45, 2.75) is 33.1 Å². The maximum absolute atomic E-state index is 12.6. The van der Waals surface area contributed by atoms with Gasteiger partial charge >= 0.3 is 0 Å². The molecule has 1 heterocycles. The van der Waals surface area contributed by atoms with E-state index in [1.54, 1.807) is 12.1 Å². The molecule has 0 fully saturated rings. The summed E-state index contributed by atoms with van der Waals surface area (Å²) < 4.78 is 25.2. The Morgan fingerprint density at radius 3 is 2.36 bits per heavy atom. The Labute approximate surface area is 83.2 Å². The van der Waals surface area contributed by atoms with Crippen molar-refractivity contribution in [2.24, 2.45) is 5.92 Å². The summed E-state index contributed by atoms with van der Waals surface area (Å²) in [6, 6.07) is 3.44. The van der Waals surface area contributed by atoms with Crippen LogP contribution in [0.15, 0.2) is 18.3 Å². The zero-order chi connectivity index (χ0) is 10.7. The van der Waals surface area contributed by atoms with Gasteiger partial charge in [-0.3, -0.25) is 4.98 Å². The van der Waals surface area contributed by atoms with Crippen LogP contribution >= 0.6 is 0 Å². The third-order valence-corrected chi connectivity index (χ3v) is 2.57. The molecule has 0 saturated carbocycles. The van der Waals surface area contributed by atoms with Crippen LogP contribution in [0.3, 0.4) is 0 Å². The van der Waals surface area contributed by atoms with Gasteiger partial charge in [0.25, 0.3) is 6.43 Å². The van der Waals surface area contributed by atoms with Crippen molar-refractivity contribution >= 4 is 0 Å². The number of pyridine rings is 1. The van der Waals surface area contributed by atoms with Crippen molar-refractivity contribution in [3.8, 4) is 0 Å². The fraction of sp³-hybridized carbons (Fsp3) is 0.545. The van der Waals surface area contributed by atoms with E-state index in [0.717, 1.165) is 0 Å². The van der Waals surface area contributed by atoms with Crippen molar-refractivity contribution in [1.82, 2.24) is 4.98 Å². The Balaban J connectivity index is 3.06. The maximum Gasteiger partial charge on any atom is 0.280 e. The SMILES string of the molecule is CC(C)[C@H](C)c1cccnc1C(F)F. The average molecular weight is 199 g/mol. The van der Waals surface area contributed by atoms with Crippen LogP contribution in [-0.4, -0.2) is 4.98 Å². The van der Waals surface area contributed by atoms with Crippen molar-refractivity contribution in [3.63, 3.8) is 0 Å². The van der Waals surface area contributed by atoms with Crippen molar-refractivity contribution in [2.75, 3.05) is 0 Å². The molecule has 0 radical (unpaired) electrons. The lowest BCUT2D eigenvalue weighted by atomic mass is 9.89. The van der Waals surface area contributed by atoms with Crippen LogP contribution < -0.4 is 0 Å². The zero-order valence-corrected chi connectivity index (χ0v) is 8.67. The predicted molar refractivity (Wildman–Crippen MR) is 52.4 cm³/mol. The van der Waals surface area contributed by atoms with E-state index in [4.69, 9.17) is 0 Å². The van der Waals surface area contributed by atoms with Crippen molar-refractivity contribution in [3.05, 3.63) is 29.6 Å². The Morgan fingerprint density at radius 2 is 1.86 bits per heavy atom. The summed E-state index contributed by atoms with van der Waals surface area (Å²) in [5.74, 6) is 0.462. The monoisotopic (exact) mass is 199 g/mol. The van der Waals surface area contributed by atoms with Gasteiger partial charge in [0, 0.05) is 6.20 Å². The molecule has 0 unspecified atom stereocenters. The lowest BCUT2D eigenvalue weighted by molar-refractivity contribution is 0.144. The van der Waals surface area contributed by atoms with Crippen LogP contribution in [0.1, 0.15) is 44.4 Å². The molecule has 1 atom stereocenters. The van der Waals surface area contributed by atoms with Gasteiger partial charge in [-0.25, -0.2) is 8.78 Å². The normalized spacial score (nSPS) is 13.6. The highest BCUT2D eigenvalue weighted by Crippen LogP contribution is 2.30. The van der Waals surface area contributed by atoms with E-state index in [-0.39, 0.29) is 11.6 Å². The van der Waals surface area contributed by atoms with Gasteiger partial charge in [0.05, 0.1) is 0 Å².